The average molecular weight is 360 g/mol. The highest BCUT2D eigenvalue weighted by Gasteiger charge is 2.14. The van der Waals surface area contributed by atoms with Crippen molar-refractivity contribution in [1.29, 1.82) is 0 Å². The molecule has 0 N–H and O–H groups in total. The molecule has 4 heteroatoms. The quantitative estimate of drug-likeness (QED) is 0.421. The highest BCUT2D eigenvalue weighted by Crippen LogP contribution is 2.26. The number of halogens is 1. The third kappa shape index (κ3) is 2.67. The second-order valence-electron chi connectivity index (χ2n) is 6.22. The van der Waals surface area contributed by atoms with E-state index in [0.29, 0.717) is 0 Å². The van der Waals surface area contributed by atoms with Crippen LogP contribution in [0.4, 0.5) is 0 Å². The number of imidazole rings is 2. The second-order valence-corrected chi connectivity index (χ2v) is 6.22. The normalized spacial score (nSPS) is 10.9. The first-order valence-corrected chi connectivity index (χ1v) is 8.46. The topological polar surface area (TPSA) is 22.2 Å². The van der Waals surface area contributed by atoms with Gasteiger partial charge in [0.25, 0.3) is 0 Å². The molecule has 2 heterocycles. The Morgan fingerprint density at radius 1 is 0.692 bits per heavy atom. The third-order valence-electron chi connectivity index (χ3n) is 4.61. The Hall–Kier alpha value is -3.04. The molecule has 0 spiro atoms. The number of para-hydroxylation sites is 2. The van der Waals surface area contributed by atoms with Gasteiger partial charge in [0.1, 0.15) is 0 Å². The van der Waals surface area contributed by atoms with Gasteiger partial charge in [0.2, 0.25) is 5.78 Å². The summed E-state index contributed by atoms with van der Waals surface area (Å²) in [6, 6.07) is 29.4. The molecule has 3 aromatic carbocycles. The van der Waals surface area contributed by atoms with Gasteiger partial charge < -0.3 is 4.57 Å². The predicted octanol–water partition coefficient (Wildman–Crippen LogP) is 5.43. The lowest BCUT2D eigenvalue weighted by molar-refractivity contribution is 0.846. The maximum absolute atomic E-state index is 4.94. The molecule has 26 heavy (non-hydrogen) atoms. The molecular formula is C22H18ClN3. The molecule has 0 saturated carbocycles. The standard InChI is InChI=1S/C22H17N3.ClH/c1-3-9-17(10-4-1)15-24-20-13-7-8-14-21(20)25-16-19(23-22(24)25)18-11-5-2-6-12-18;/h1-14,16H,15H2;1H. The van der Waals surface area contributed by atoms with Crippen LogP contribution in [0.3, 0.4) is 0 Å². The molecule has 0 aliphatic rings. The minimum atomic E-state index is 0. The van der Waals surface area contributed by atoms with E-state index in [2.05, 4.69) is 94.0 Å². The molecule has 0 atom stereocenters. The lowest BCUT2D eigenvalue weighted by Gasteiger charge is -2.05. The largest absolute Gasteiger partial charge is 0.305 e. The van der Waals surface area contributed by atoms with Crippen LogP contribution in [0.15, 0.2) is 91.1 Å². The minimum absolute atomic E-state index is 0. The van der Waals surface area contributed by atoms with Crippen LogP contribution in [0, 0.1) is 0 Å². The van der Waals surface area contributed by atoms with E-state index in [1.54, 1.807) is 0 Å². The van der Waals surface area contributed by atoms with E-state index >= 15 is 0 Å². The summed E-state index contributed by atoms with van der Waals surface area (Å²) >= 11 is 0. The van der Waals surface area contributed by atoms with Gasteiger partial charge in [-0.25, -0.2) is 4.98 Å². The average Bonchev–Trinajstić information content (AvgIpc) is 3.23. The predicted molar refractivity (Wildman–Crippen MR) is 109 cm³/mol. The van der Waals surface area contributed by atoms with Crippen molar-refractivity contribution in [3.05, 3.63) is 96.7 Å². The van der Waals surface area contributed by atoms with Crippen LogP contribution >= 0.6 is 12.4 Å². The highest BCUT2D eigenvalue weighted by molar-refractivity contribution is 5.85. The Morgan fingerprint density at radius 3 is 2.04 bits per heavy atom. The fourth-order valence-corrected chi connectivity index (χ4v) is 3.41. The van der Waals surface area contributed by atoms with Crippen molar-refractivity contribution in [2.45, 2.75) is 6.54 Å². The zero-order chi connectivity index (χ0) is 16.6. The molecule has 2 aromatic heterocycles. The van der Waals surface area contributed by atoms with Gasteiger partial charge in [-0.1, -0.05) is 72.8 Å². The fraction of sp³-hybridized carbons (Fsp3) is 0.0455. The molecule has 128 valence electrons. The van der Waals surface area contributed by atoms with E-state index in [1.165, 1.54) is 16.6 Å². The van der Waals surface area contributed by atoms with E-state index in [-0.39, 0.29) is 12.4 Å². The molecule has 0 fully saturated rings. The molecule has 0 bridgehead atoms. The van der Waals surface area contributed by atoms with Gasteiger partial charge in [0.05, 0.1) is 23.3 Å². The molecular weight excluding hydrogens is 342 g/mol. The summed E-state index contributed by atoms with van der Waals surface area (Å²) in [6.07, 6.45) is 2.13. The Morgan fingerprint density at radius 2 is 1.31 bits per heavy atom. The molecule has 0 amide bonds. The number of fused-ring (bicyclic) bond motifs is 3. The summed E-state index contributed by atoms with van der Waals surface area (Å²) < 4.78 is 4.48. The van der Waals surface area contributed by atoms with Crippen LogP contribution in [0.5, 0.6) is 0 Å². The number of aromatic nitrogens is 3. The maximum atomic E-state index is 4.94. The number of benzene rings is 3. The third-order valence-corrected chi connectivity index (χ3v) is 4.61. The van der Waals surface area contributed by atoms with Crippen molar-refractivity contribution >= 4 is 29.2 Å². The Kier molecular flexibility index (Phi) is 4.23. The summed E-state index contributed by atoms with van der Waals surface area (Å²) in [7, 11) is 0. The van der Waals surface area contributed by atoms with E-state index in [0.717, 1.165) is 23.6 Å². The zero-order valence-corrected chi connectivity index (χ0v) is 14.9. The molecule has 0 unspecified atom stereocenters. The van der Waals surface area contributed by atoms with Crippen molar-refractivity contribution in [2.24, 2.45) is 0 Å². The second kappa shape index (κ2) is 6.70. The monoisotopic (exact) mass is 359 g/mol. The van der Waals surface area contributed by atoms with Crippen molar-refractivity contribution in [1.82, 2.24) is 14.0 Å². The molecule has 5 aromatic rings. The smallest absolute Gasteiger partial charge is 0.215 e. The van der Waals surface area contributed by atoms with Gasteiger partial charge >= 0.3 is 0 Å². The first kappa shape index (κ1) is 16.4. The summed E-state index contributed by atoms with van der Waals surface area (Å²) in [5.41, 5.74) is 5.80. The SMILES string of the molecule is Cl.c1ccc(Cn2c3ccccc3n3cc(-c4ccccc4)nc23)cc1. The van der Waals surface area contributed by atoms with Crippen molar-refractivity contribution in [2.75, 3.05) is 0 Å². The van der Waals surface area contributed by atoms with Crippen molar-refractivity contribution in [3.8, 4) is 11.3 Å². The molecule has 0 aliphatic heterocycles. The van der Waals surface area contributed by atoms with Gasteiger partial charge in [0, 0.05) is 11.8 Å². The van der Waals surface area contributed by atoms with Crippen LogP contribution in [-0.2, 0) is 6.54 Å². The highest BCUT2D eigenvalue weighted by atomic mass is 35.5. The molecule has 5 rings (SSSR count). The number of hydrogen-bond donors (Lipinski definition) is 0. The fourth-order valence-electron chi connectivity index (χ4n) is 3.41. The van der Waals surface area contributed by atoms with Crippen LogP contribution in [0.2, 0.25) is 0 Å². The van der Waals surface area contributed by atoms with Crippen molar-refractivity contribution in [3.63, 3.8) is 0 Å². The van der Waals surface area contributed by atoms with Gasteiger partial charge in [0.15, 0.2) is 0 Å². The molecule has 0 aliphatic carbocycles. The maximum Gasteiger partial charge on any atom is 0.215 e. The van der Waals surface area contributed by atoms with Gasteiger partial charge in [-0.05, 0) is 17.7 Å². The van der Waals surface area contributed by atoms with Crippen LogP contribution < -0.4 is 0 Å². The molecule has 0 saturated heterocycles. The summed E-state index contributed by atoms with van der Waals surface area (Å²) in [5.74, 6) is 0.976. The lowest BCUT2D eigenvalue weighted by Crippen LogP contribution is -2.00. The lowest BCUT2D eigenvalue weighted by atomic mass is 10.2. The van der Waals surface area contributed by atoms with Crippen LogP contribution in [0.25, 0.3) is 28.1 Å². The zero-order valence-electron chi connectivity index (χ0n) is 14.1. The molecule has 0 radical (unpaired) electrons. The first-order chi connectivity index (χ1) is 12.4. The number of nitrogens with zero attached hydrogens (tertiary/aromatic N) is 3. The Balaban J connectivity index is 0.00000168. The summed E-state index contributed by atoms with van der Waals surface area (Å²) in [6.45, 7) is 0.809. The summed E-state index contributed by atoms with van der Waals surface area (Å²) in [5, 5.41) is 0. The van der Waals surface area contributed by atoms with Gasteiger partial charge in [-0.2, -0.15) is 0 Å². The Labute approximate surface area is 158 Å². The number of rotatable bonds is 3. The Bertz CT molecular complexity index is 1160. The van der Waals surface area contributed by atoms with E-state index in [9.17, 15) is 0 Å². The van der Waals surface area contributed by atoms with E-state index < -0.39 is 0 Å². The van der Waals surface area contributed by atoms with Gasteiger partial charge in [-0.15, -0.1) is 12.4 Å². The van der Waals surface area contributed by atoms with E-state index in [1.807, 2.05) is 6.07 Å². The van der Waals surface area contributed by atoms with E-state index in [4.69, 9.17) is 4.98 Å². The molecule has 3 nitrogen and oxygen atoms in total. The van der Waals surface area contributed by atoms with Gasteiger partial charge in [-0.3, -0.25) is 4.40 Å². The first-order valence-electron chi connectivity index (χ1n) is 8.46. The van der Waals surface area contributed by atoms with Crippen LogP contribution in [0.1, 0.15) is 5.56 Å². The number of hydrogen-bond acceptors (Lipinski definition) is 1. The van der Waals surface area contributed by atoms with Crippen molar-refractivity contribution < 1.29 is 0 Å². The van der Waals surface area contributed by atoms with Crippen LogP contribution in [-0.4, -0.2) is 14.0 Å². The summed E-state index contributed by atoms with van der Waals surface area (Å²) in [4.78, 5) is 4.94. The minimum Gasteiger partial charge on any atom is -0.305 e.